The average Bonchev–Trinajstić information content (AvgIpc) is 3.24. The Morgan fingerprint density at radius 3 is 2.60 bits per heavy atom. The van der Waals surface area contributed by atoms with Gasteiger partial charge in [-0.25, -0.2) is 12.8 Å². The maximum Gasteiger partial charge on any atom is 0.243 e. The predicted molar refractivity (Wildman–Crippen MR) is 76.4 cm³/mol. The van der Waals surface area contributed by atoms with Gasteiger partial charge in [0.05, 0.1) is 9.92 Å². The lowest BCUT2D eigenvalue weighted by atomic mass is 10.2. The summed E-state index contributed by atoms with van der Waals surface area (Å²) >= 11 is 5.75. The van der Waals surface area contributed by atoms with Gasteiger partial charge in [0.1, 0.15) is 5.82 Å². The maximum atomic E-state index is 13.7. The summed E-state index contributed by atoms with van der Waals surface area (Å²) in [7, 11) is -2.22. The third-order valence-electron chi connectivity index (χ3n) is 3.85. The molecule has 0 radical (unpaired) electrons. The molecule has 0 aromatic heterocycles. The molecule has 0 spiro atoms. The monoisotopic (exact) mass is 320 g/mol. The van der Waals surface area contributed by atoms with Gasteiger partial charge in [-0.2, -0.15) is 4.31 Å². The van der Waals surface area contributed by atoms with Crippen molar-refractivity contribution in [1.82, 2.24) is 4.31 Å². The summed E-state index contributed by atoms with van der Waals surface area (Å²) in [6.07, 6.45) is 2.06. The van der Waals surface area contributed by atoms with Crippen LogP contribution in [0.4, 0.5) is 4.39 Å². The van der Waals surface area contributed by atoms with Gasteiger partial charge in [-0.3, -0.25) is 0 Å². The molecule has 0 aliphatic heterocycles. The number of nitrogens with zero attached hydrogens (tertiary/aromatic N) is 1. The number of hydrogen-bond donors (Lipinski definition) is 1. The lowest BCUT2D eigenvalue weighted by Crippen LogP contribution is -2.36. The quantitative estimate of drug-likeness (QED) is 0.906. The van der Waals surface area contributed by atoms with Crippen molar-refractivity contribution in [3.8, 4) is 0 Å². The van der Waals surface area contributed by atoms with Crippen LogP contribution in [0.5, 0.6) is 0 Å². The first kappa shape index (κ1) is 15.7. The minimum atomic E-state index is -3.74. The summed E-state index contributed by atoms with van der Waals surface area (Å²) in [5, 5.41) is -0.121. The van der Waals surface area contributed by atoms with Crippen molar-refractivity contribution in [3.63, 3.8) is 0 Å². The van der Waals surface area contributed by atoms with Gasteiger partial charge in [-0.1, -0.05) is 11.6 Å². The minimum Gasteiger partial charge on any atom is -0.326 e. The second kappa shape index (κ2) is 5.60. The molecule has 1 unspecified atom stereocenters. The van der Waals surface area contributed by atoms with Crippen LogP contribution in [0.3, 0.4) is 0 Å². The Balaban J connectivity index is 2.40. The molecule has 1 fully saturated rings. The highest BCUT2D eigenvalue weighted by Crippen LogP contribution is 2.36. The van der Waals surface area contributed by atoms with Crippen molar-refractivity contribution in [2.75, 3.05) is 7.05 Å². The first-order chi connectivity index (χ1) is 9.28. The normalized spacial score (nSPS) is 17.5. The summed E-state index contributed by atoms with van der Waals surface area (Å²) in [5.74, 6) is -0.374. The molecule has 1 atom stereocenters. The molecule has 0 saturated heterocycles. The Bertz CT molecular complexity index is 617. The van der Waals surface area contributed by atoms with Crippen molar-refractivity contribution in [2.24, 2.45) is 11.7 Å². The molecule has 20 heavy (non-hydrogen) atoms. The molecule has 2 rings (SSSR count). The van der Waals surface area contributed by atoms with Crippen LogP contribution in [0.1, 0.15) is 25.3 Å². The van der Waals surface area contributed by atoms with E-state index in [1.165, 1.54) is 17.4 Å². The Kier molecular flexibility index (Phi) is 4.39. The summed E-state index contributed by atoms with van der Waals surface area (Å²) in [6, 6.07) is 2.20. The van der Waals surface area contributed by atoms with Gasteiger partial charge in [-0.15, -0.1) is 0 Å². The summed E-state index contributed by atoms with van der Waals surface area (Å²) in [4.78, 5) is -0.102. The highest BCUT2D eigenvalue weighted by atomic mass is 35.5. The SMILES string of the molecule is CC(C1CC1)N(C)S(=O)(=O)c1cc(F)c(Cl)c(CN)c1. The molecule has 1 aromatic carbocycles. The van der Waals surface area contributed by atoms with Crippen LogP contribution in [-0.2, 0) is 16.6 Å². The zero-order chi connectivity index (χ0) is 15.1. The number of halogens is 2. The number of hydrogen-bond acceptors (Lipinski definition) is 3. The van der Waals surface area contributed by atoms with E-state index in [1.54, 1.807) is 0 Å². The summed E-state index contributed by atoms with van der Waals surface area (Å²) in [5.41, 5.74) is 5.76. The third kappa shape index (κ3) is 2.83. The summed E-state index contributed by atoms with van der Waals surface area (Å²) < 4.78 is 40.0. The molecule has 0 heterocycles. The second-order valence-electron chi connectivity index (χ2n) is 5.18. The Morgan fingerprint density at radius 1 is 1.50 bits per heavy atom. The first-order valence-electron chi connectivity index (χ1n) is 6.45. The van der Waals surface area contributed by atoms with E-state index in [0.717, 1.165) is 18.9 Å². The van der Waals surface area contributed by atoms with Crippen LogP contribution < -0.4 is 5.73 Å². The largest absolute Gasteiger partial charge is 0.326 e. The van der Waals surface area contributed by atoms with E-state index in [4.69, 9.17) is 17.3 Å². The van der Waals surface area contributed by atoms with Crippen molar-refractivity contribution in [1.29, 1.82) is 0 Å². The molecule has 7 heteroatoms. The van der Waals surface area contributed by atoms with Crippen molar-refractivity contribution >= 4 is 21.6 Å². The molecule has 112 valence electrons. The van der Waals surface area contributed by atoms with Gasteiger partial charge in [0.25, 0.3) is 0 Å². The first-order valence-corrected chi connectivity index (χ1v) is 8.27. The van der Waals surface area contributed by atoms with Gasteiger partial charge in [0, 0.05) is 19.6 Å². The molecule has 1 aliphatic carbocycles. The predicted octanol–water partition coefficient (Wildman–Crippen LogP) is 2.36. The van der Waals surface area contributed by atoms with Gasteiger partial charge >= 0.3 is 0 Å². The minimum absolute atomic E-state index is 0.0129. The van der Waals surface area contributed by atoms with E-state index in [-0.39, 0.29) is 28.1 Å². The molecule has 4 nitrogen and oxygen atoms in total. The lowest BCUT2D eigenvalue weighted by Gasteiger charge is -2.24. The van der Waals surface area contributed by atoms with Crippen molar-refractivity contribution in [3.05, 3.63) is 28.5 Å². The zero-order valence-corrected chi connectivity index (χ0v) is 13.0. The Morgan fingerprint density at radius 2 is 2.10 bits per heavy atom. The van der Waals surface area contributed by atoms with Crippen LogP contribution in [0, 0.1) is 11.7 Å². The maximum absolute atomic E-state index is 13.7. The van der Waals surface area contributed by atoms with E-state index >= 15 is 0 Å². The van der Waals surface area contributed by atoms with Gasteiger partial charge in [0.15, 0.2) is 0 Å². The van der Waals surface area contributed by atoms with E-state index < -0.39 is 15.8 Å². The van der Waals surface area contributed by atoms with Crippen LogP contribution in [0.25, 0.3) is 0 Å². The molecule has 1 aliphatic rings. The molecule has 2 N–H and O–H groups in total. The van der Waals surface area contributed by atoms with Gasteiger partial charge in [0.2, 0.25) is 10.0 Å². The topological polar surface area (TPSA) is 63.4 Å². The average molecular weight is 321 g/mol. The van der Waals surface area contributed by atoms with Gasteiger partial charge in [-0.05, 0) is 43.4 Å². The fourth-order valence-electron chi connectivity index (χ4n) is 2.18. The Hall–Kier alpha value is -0.690. The number of nitrogens with two attached hydrogens (primary N) is 1. The molecular formula is C13H18ClFN2O2S. The smallest absolute Gasteiger partial charge is 0.243 e. The fraction of sp³-hybridized carbons (Fsp3) is 0.538. The summed E-state index contributed by atoms with van der Waals surface area (Å²) in [6.45, 7) is 1.85. The van der Waals surface area contributed by atoms with Crippen LogP contribution in [-0.4, -0.2) is 25.8 Å². The van der Waals surface area contributed by atoms with E-state index in [9.17, 15) is 12.8 Å². The highest BCUT2D eigenvalue weighted by Gasteiger charge is 2.36. The molecule has 1 saturated carbocycles. The third-order valence-corrected chi connectivity index (χ3v) is 6.20. The van der Waals surface area contributed by atoms with Crippen molar-refractivity contribution < 1.29 is 12.8 Å². The fourth-order valence-corrected chi connectivity index (χ4v) is 3.85. The molecule has 0 amide bonds. The standard InChI is InChI=1S/C13H18ClFN2O2S/c1-8(9-3-4-9)17(2)20(18,19)11-5-10(7-16)13(14)12(15)6-11/h5-6,8-9H,3-4,7,16H2,1-2H3. The van der Waals surface area contributed by atoms with Crippen molar-refractivity contribution in [2.45, 2.75) is 37.2 Å². The molecule has 0 bridgehead atoms. The van der Waals surface area contributed by atoms with E-state index in [1.807, 2.05) is 6.92 Å². The van der Waals surface area contributed by atoms with Crippen LogP contribution >= 0.6 is 11.6 Å². The van der Waals surface area contributed by atoms with E-state index in [2.05, 4.69) is 0 Å². The zero-order valence-electron chi connectivity index (χ0n) is 11.4. The lowest BCUT2D eigenvalue weighted by molar-refractivity contribution is 0.357. The number of rotatable bonds is 5. The Labute approximate surface area is 123 Å². The van der Waals surface area contributed by atoms with Crippen LogP contribution in [0.2, 0.25) is 5.02 Å². The molecular weight excluding hydrogens is 303 g/mol. The molecule has 1 aromatic rings. The second-order valence-corrected chi connectivity index (χ2v) is 7.56. The number of sulfonamides is 1. The van der Waals surface area contributed by atoms with E-state index in [0.29, 0.717) is 5.92 Å². The number of benzene rings is 1. The van der Waals surface area contributed by atoms with Crippen LogP contribution in [0.15, 0.2) is 17.0 Å². The van der Waals surface area contributed by atoms with Gasteiger partial charge < -0.3 is 5.73 Å². The highest BCUT2D eigenvalue weighted by molar-refractivity contribution is 7.89.